The maximum absolute atomic E-state index is 12.4. The zero-order valence-electron chi connectivity index (χ0n) is 31.6. The molecule has 0 aromatic heterocycles. The molecule has 2 fully saturated rings. The summed E-state index contributed by atoms with van der Waals surface area (Å²) in [6, 6.07) is 45.1. The molecule has 0 radical (unpaired) electrons. The first-order valence-corrected chi connectivity index (χ1v) is 19.5. The topological polar surface area (TPSA) is 143 Å². The summed E-state index contributed by atoms with van der Waals surface area (Å²) in [6.45, 7) is 4.65. The molecule has 5 N–H and O–H groups in total. The van der Waals surface area contributed by atoms with Gasteiger partial charge in [-0.3, -0.25) is 9.45 Å². The van der Waals surface area contributed by atoms with E-state index in [1.54, 1.807) is 24.1 Å². The second-order valence-corrected chi connectivity index (χ2v) is 14.7. The first kappa shape index (κ1) is 45.9. The van der Waals surface area contributed by atoms with Crippen molar-refractivity contribution in [2.45, 2.75) is 62.0 Å². The summed E-state index contributed by atoms with van der Waals surface area (Å²) in [5.41, 5.74) is 11.8. The van der Waals surface area contributed by atoms with E-state index in [4.69, 9.17) is 19.8 Å². The van der Waals surface area contributed by atoms with Crippen molar-refractivity contribution in [3.8, 4) is 5.75 Å². The van der Waals surface area contributed by atoms with E-state index >= 15 is 0 Å². The molecule has 4 atom stereocenters. The number of nitrogens with zero attached hydrogens (tertiary/aromatic N) is 1. The van der Waals surface area contributed by atoms with Crippen molar-refractivity contribution in [3.63, 3.8) is 0 Å². The Balaban J connectivity index is 0.000000233. The second-order valence-electron chi connectivity index (χ2n) is 13.3. The van der Waals surface area contributed by atoms with Crippen molar-refractivity contribution in [1.82, 2.24) is 15.5 Å². The predicted molar refractivity (Wildman–Crippen MR) is 226 cm³/mol. The number of nitrogens with two attached hydrogens (primary N) is 1. The Labute approximate surface area is 343 Å². The van der Waals surface area contributed by atoms with Crippen LogP contribution in [0.2, 0.25) is 0 Å². The SMILES string of the molecule is COc1ccccc1CNC1CCNC1c1ccccc1.Cc1ccc(S(=O)(=O)O)cc1.Cl.Cl.N[C@@H]1CCN(C(=O)OCc2ccccc2)[C@@H]1c1ccccc1. The van der Waals surface area contributed by atoms with Crippen LogP contribution in [0.5, 0.6) is 5.75 Å². The van der Waals surface area contributed by atoms with Crippen LogP contribution in [0, 0.1) is 6.92 Å². The zero-order valence-corrected chi connectivity index (χ0v) is 34.0. The second kappa shape index (κ2) is 22.9. The number of para-hydroxylation sites is 1. The number of hydrogen-bond acceptors (Lipinski definition) is 8. The smallest absolute Gasteiger partial charge is 0.410 e. The molecule has 13 heteroatoms. The quantitative estimate of drug-likeness (QED) is 0.109. The highest BCUT2D eigenvalue weighted by Gasteiger charge is 2.37. The van der Waals surface area contributed by atoms with Gasteiger partial charge in [0.15, 0.2) is 0 Å². The van der Waals surface area contributed by atoms with Crippen LogP contribution >= 0.6 is 24.8 Å². The predicted octanol–water partition coefficient (Wildman–Crippen LogP) is 8.07. The lowest BCUT2D eigenvalue weighted by atomic mass is 10.0. The molecule has 0 saturated carbocycles. The van der Waals surface area contributed by atoms with Crippen LogP contribution in [0.3, 0.4) is 0 Å². The van der Waals surface area contributed by atoms with Gasteiger partial charge in [0.05, 0.1) is 18.0 Å². The highest BCUT2D eigenvalue weighted by molar-refractivity contribution is 7.85. The van der Waals surface area contributed by atoms with Gasteiger partial charge in [-0.2, -0.15) is 8.42 Å². The monoisotopic (exact) mass is 822 g/mol. The average molecular weight is 824 g/mol. The van der Waals surface area contributed by atoms with Crippen LogP contribution in [0.15, 0.2) is 144 Å². The molecule has 10 nitrogen and oxygen atoms in total. The van der Waals surface area contributed by atoms with Crippen molar-refractivity contribution < 1.29 is 27.2 Å². The molecule has 2 aliphatic heterocycles. The largest absolute Gasteiger partial charge is 0.496 e. The van der Waals surface area contributed by atoms with Crippen molar-refractivity contribution in [3.05, 3.63) is 167 Å². The Bertz CT molecular complexity index is 2000. The summed E-state index contributed by atoms with van der Waals surface area (Å²) in [6.07, 6.45) is 1.64. The molecule has 2 heterocycles. The van der Waals surface area contributed by atoms with Crippen LogP contribution in [0.4, 0.5) is 4.79 Å². The number of halogens is 2. The molecule has 5 aromatic carbocycles. The number of amides is 1. The van der Waals surface area contributed by atoms with Crippen molar-refractivity contribution in [1.29, 1.82) is 0 Å². The van der Waals surface area contributed by atoms with E-state index in [1.165, 1.54) is 23.3 Å². The number of carbonyl (C=O) groups excluding carboxylic acids is 1. The molecule has 0 spiro atoms. The zero-order chi connectivity index (χ0) is 38.3. The van der Waals surface area contributed by atoms with Gasteiger partial charge in [0.25, 0.3) is 10.1 Å². The minimum atomic E-state index is -4.02. The lowest BCUT2D eigenvalue weighted by Crippen LogP contribution is -2.36. The van der Waals surface area contributed by atoms with Crippen LogP contribution in [0.1, 0.15) is 52.7 Å². The number of methoxy groups -OCH3 is 1. The Hall–Kier alpha value is -4.46. The molecule has 7 rings (SSSR count). The van der Waals surface area contributed by atoms with Gasteiger partial charge in [0.2, 0.25) is 0 Å². The number of likely N-dealkylation sites (tertiary alicyclic amines) is 1. The average Bonchev–Trinajstić information content (AvgIpc) is 3.84. The third-order valence-corrected chi connectivity index (χ3v) is 10.3. The van der Waals surface area contributed by atoms with Gasteiger partial charge in [0, 0.05) is 36.8 Å². The third-order valence-electron chi connectivity index (χ3n) is 9.47. The third kappa shape index (κ3) is 13.3. The van der Waals surface area contributed by atoms with Gasteiger partial charge in [-0.25, -0.2) is 4.79 Å². The molecule has 2 aliphatic rings. The fraction of sp³-hybridized carbons (Fsp3) is 0.279. The minimum Gasteiger partial charge on any atom is -0.496 e. The van der Waals surface area contributed by atoms with E-state index in [0.29, 0.717) is 18.6 Å². The number of aryl methyl sites for hydroxylation is 1. The summed E-state index contributed by atoms with van der Waals surface area (Å²) >= 11 is 0. The molecule has 56 heavy (non-hydrogen) atoms. The van der Waals surface area contributed by atoms with Crippen LogP contribution < -0.4 is 21.1 Å². The van der Waals surface area contributed by atoms with Crippen LogP contribution in [0.25, 0.3) is 0 Å². The number of carbonyl (C=O) groups is 1. The van der Waals surface area contributed by atoms with E-state index in [1.807, 2.05) is 79.7 Å². The molecule has 0 bridgehead atoms. The van der Waals surface area contributed by atoms with Crippen LogP contribution in [-0.2, 0) is 28.0 Å². The molecule has 300 valence electrons. The number of hydrogen-bond donors (Lipinski definition) is 4. The van der Waals surface area contributed by atoms with E-state index < -0.39 is 10.1 Å². The summed E-state index contributed by atoms with van der Waals surface area (Å²) in [5.74, 6) is 0.951. The number of ether oxygens (including phenoxy) is 2. The van der Waals surface area contributed by atoms with Gasteiger partial charge in [-0.05, 0) is 61.2 Å². The maximum atomic E-state index is 12.4. The molecular weight excluding hydrogens is 771 g/mol. The van der Waals surface area contributed by atoms with Gasteiger partial charge in [-0.1, -0.05) is 127 Å². The summed E-state index contributed by atoms with van der Waals surface area (Å²) in [5, 5.41) is 7.27. The summed E-state index contributed by atoms with van der Waals surface area (Å²) < 4.78 is 40.4. The fourth-order valence-corrected chi connectivity index (χ4v) is 7.11. The fourth-order valence-electron chi connectivity index (χ4n) is 6.63. The Kier molecular flexibility index (Phi) is 18.8. The van der Waals surface area contributed by atoms with Crippen LogP contribution in [-0.4, -0.2) is 56.2 Å². The minimum absolute atomic E-state index is 0. The van der Waals surface area contributed by atoms with E-state index in [9.17, 15) is 13.2 Å². The molecular formula is C43H52Cl2N4O6S. The lowest BCUT2D eigenvalue weighted by Gasteiger charge is -2.26. The first-order chi connectivity index (χ1) is 26.1. The molecule has 2 saturated heterocycles. The number of rotatable bonds is 9. The van der Waals surface area contributed by atoms with Gasteiger partial charge >= 0.3 is 6.09 Å². The summed E-state index contributed by atoms with van der Waals surface area (Å²) in [7, 11) is -2.29. The first-order valence-electron chi connectivity index (χ1n) is 18.1. The van der Waals surface area contributed by atoms with E-state index in [-0.39, 0.29) is 54.5 Å². The summed E-state index contributed by atoms with van der Waals surface area (Å²) in [4.78, 5) is 14.1. The highest BCUT2D eigenvalue weighted by atomic mass is 35.5. The van der Waals surface area contributed by atoms with Crippen molar-refractivity contribution in [2.24, 2.45) is 5.73 Å². The van der Waals surface area contributed by atoms with Gasteiger partial charge in [0.1, 0.15) is 12.4 Å². The van der Waals surface area contributed by atoms with Crippen molar-refractivity contribution in [2.75, 3.05) is 20.2 Å². The van der Waals surface area contributed by atoms with Crippen molar-refractivity contribution >= 4 is 41.0 Å². The Morgan fingerprint density at radius 2 is 1.39 bits per heavy atom. The van der Waals surface area contributed by atoms with Gasteiger partial charge < -0.3 is 25.8 Å². The normalized spacial score (nSPS) is 18.5. The number of benzene rings is 5. The Morgan fingerprint density at radius 3 is 2.00 bits per heavy atom. The van der Waals surface area contributed by atoms with E-state index in [2.05, 4.69) is 53.1 Å². The van der Waals surface area contributed by atoms with E-state index in [0.717, 1.165) is 48.4 Å². The van der Waals surface area contributed by atoms with Gasteiger partial charge in [-0.15, -0.1) is 24.8 Å². The Morgan fingerprint density at radius 1 is 0.821 bits per heavy atom. The molecule has 0 aliphatic carbocycles. The standard InChI is InChI=1S/C18H20N2O2.C18H22N2O.C7H8O3S.2ClH/c19-16-11-12-20(17(16)15-9-5-2-6-10-15)18(21)22-13-14-7-3-1-4-8-14;1-21-17-10-6-5-9-15(17)13-20-16-11-12-19-18(16)14-7-3-2-4-8-14;1-6-2-4-7(5-3-6)11(8,9)10;;/h1-10,16-17H,11-13,19H2;2-10,16,18-20H,11-13H2,1H3;2-5H,1H3,(H,8,9,10);2*1H/t16-,17-;;;;/m1..../s1. The lowest BCUT2D eigenvalue weighted by molar-refractivity contribution is 0.0908. The number of nitrogens with one attached hydrogen (secondary N) is 2. The molecule has 2 unspecified atom stereocenters. The molecule has 5 aromatic rings. The highest BCUT2D eigenvalue weighted by Crippen LogP contribution is 2.32. The molecule has 1 amide bonds. The maximum Gasteiger partial charge on any atom is 0.410 e.